The zero-order valence-electron chi connectivity index (χ0n) is 15.2. The molecule has 1 aliphatic rings. The standard InChI is InChI=1S/C25H20Br2O/c26-21-13-11-18(12-14-21)23-16-15-22(27)17-24(23)25(28,19-7-3-1-4-8-19)20-9-5-2-6-10-20/h1-9,11-17,20,28H,10H2. The van der Waals surface area contributed by atoms with Gasteiger partial charge in [0.05, 0.1) is 0 Å². The van der Waals surface area contributed by atoms with Crippen LogP contribution in [0.3, 0.4) is 0 Å². The van der Waals surface area contributed by atoms with Gasteiger partial charge in [0.1, 0.15) is 5.60 Å². The first-order valence-electron chi connectivity index (χ1n) is 9.26. The van der Waals surface area contributed by atoms with Crippen LogP contribution in [0.1, 0.15) is 17.5 Å². The van der Waals surface area contributed by atoms with Crippen molar-refractivity contribution in [2.24, 2.45) is 5.92 Å². The van der Waals surface area contributed by atoms with Gasteiger partial charge >= 0.3 is 0 Å². The molecule has 1 N–H and O–H groups in total. The molecule has 0 aromatic heterocycles. The smallest absolute Gasteiger partial charge is 0.122 e. The molecule has 0 heterocycles. The van der Waals surface area contributed by atoms with Crippen LogP contribution in [0.25, 0.3) is 11.1 Å². The maximum absolute atomic E-state index is 12.3. The maximum atomic E-state index is 12.3. The Labute approximate surface area is 182 Å². The Balaban J connectivity index is 1.96. The Morgan fingerprint density at radius 2 is 1.54 bits per heavy atom. The lowest BCUT2D eigenvalue weighted by Crippen LogP contribution is -2.36. The van der Waals surface area contributed by atoms with E-state index < -0.39 is 5.60 Å². The molecule has 0 aliphatic heterocycles. The summed E-state index contributed by atoms with van der Waals surface area (Å²) in [6.45, 7) is 0. The minimum absolute atomic E-state index is 0.0524. The third kappa shape index (κ3) is 3.67. The van der Waals surface area contributed by atoms with Crippen LogP contribution in [0, 0.1) is 5.92 Å². The highest BCUT2D eigenvalue weighted by atomic mass is 79.9. The normalized spacial score (nSPS) is 18.0. The summed E-state index contributed by atoms with van der Waals surface area (Å²) in [4.78, 5) is 0. The average molecular weight is 496 g/mol. The fourth-order valence-electron chi connectivity index (χ4n) is 3.86. The van der Waals surface area contributed by atoms with Gasteiger partial charge in [-0.1, -0.05) is 105 Å². The van der Waals surface area contributed by atoms with Gasteiger partial charge in [-0.3, -0.25) is 0 Å². The Hall–Kier alpha value is -1.94. The fraction of sp³-hybridized carbons (Fsp3) is 0.120. The van der Waals surface area contributed by atoms with Crippen molar-refractivity contribution in [3.05, 3.63) is 117 Å². The molecular formula is C25H20Br2O. The molecule has 4 rings (SSSR count). The summed E-state index contributed by atoms with van der Waals surface area (Å²) >= 11 is 7.13. The number of hydrogen-bond acceptors (Lipinski definition) is 1. The SMILES string of the molecule is OC(c1ccccc1)(c1cc(Br)ccc1-c1ccc(Br)cc1)C1C=CC=CC1. The molecule has 0 radical (unpaired) electrons. The predicted molar refractivity (Wildman–Crippen MR) is 123 cm³/mol. The molecule has 0 fully saturated rings. The number of rotatable bonds is 4. The number of benzene rings is 3. The largest absolute Gasteiger partial charge is 0.380 e. The lowest BCUT2D eigenvalue weighted by molar-refractivity contribution is 0.0374. The van der Waals surface area contributed by atoms with Crippen molar-refractivity contribution in [2.75, 3.05) is 0 Å². The van der Waals surface area contributed by atoms with Crippen molar-refractivity contribution >= 4 is 31.9 Å². The average Bonchev–Trinajstić information content (AvgIpc) is 2.75. The molecule has 0 saturated heterocycles. The van der Waals surface area contributed by atoms with E-state index in [2.05, 4.69) is 68.3 Å². The highest BCUT2D eigenvalue weighted by Crippen LogP contribution is 2.45. The Morgan fingerprint density at radius 1 is 0.821 bits per heavy atom. The summed E-state index contributed by atoms with van der Waals surface area (Å²) in [5.74, 6) is -0.0524. The van der Waals surface area contributed by atoms with E-state index in [-0.39, 0.29) is 5.92 Å². The van der Waals surface area contributed by atoms with Crippen molar-refractivity contribution in [2.45, 2.75) is 12.0 Å². The molecule has 2 unspecified atom stereocenters. The summed E-state index contributed by atoms with van der Waals surface area (Å²) in [6.07, 6.45) is 9.08. The highest BCUT2D eigenvalue weighted by molar-refractivity contribution is 9.10. The Bertz CT molecular complexity index is 1020. The van der Waals surface area contributed by atoms with Crippen LogP contribution in [0.4, 0.5) is 0 Å². The Morgan fingerprint density at radius 3 is 2.21 bits per heavy atom. The van der Waals surface area contributed by atoms with Crippen LogP contribution in [-0.4, -0.2) is 5.11 Å². The number of hydrogen-bond donors (Lipinski definition) is 1. The fourth-order valence-corrected chi connectivity index (χ4v) is 4.49. The molecule has 0 amide bonds. The number of halogens is 2. The lowest BCUT2D eigenvalue weighted by atomic mass is 9.71. The quantitative estimate of drug-likeness (QED) is 0.404. The summed E-state index contributed by atoms with van der Waals surface area (Å²) in [5, 5.41) is 12.3. The first kappa shape index (κ1) is 19.4. The van der Waals surface area contributed by atoms with E-state index in [1.165, 1.54) is 0 Å². The van der Waals surface area contributed by atoms with E-state index in [0.29, 0.717) is 0 Å². The molecule has 140 valence electrons. The van der Waals surface area contributed by atoms with Crippen molar-refractivity contribution in [1.29, 1.82) is 0 Å². The van der Waals surface area contributed by atoms with Gasteiger partial charge in [0.15, 0.2) is 0 Å². The zero-order chi connectivity index (χ0) is 19.6. The lowest BCUT2D eigenvalue weighted by Gasteiger charge is -2.38. The first-order valence-corrected chi connectivity index (χ1v) is 10.8. The van der Waals surface area contributed by atoms with Gasteiger partial charge in [-0.05, 0) is 52.9 Å². The van der Waals surface area contributed by atoms with Crippen LogP contribution in [-0.2, 0) is 5.60 Å². The first-order chi connectivity index (χ1) is 13.6. The van der Waals surface area contributed by atoms with Crippen LogP contribution in [0.5, 0.6) is 0 Å². The minimum atomic E-state index is -1.14. The van der Waals surface area contributed by atoms with Crippen molar-refractivity contribution in [1.82, 2.24) is 0 Å². The zero-order valence-corrected chi connectivity index (χ0v) is 18.4. The number of allylic oxidation sites excluding steroid dienone is 3. The van der Waals surface area contributed by atoms with Crippen LogP contribution in [0.2, 0.25) is 0 Å². The van der Waals surface area contributed by atoms with Gasteiger partial charge in [0.25, 0.3) is 0 Å². The maximum Gasteiger partial charge on any atom is 0.122 e. The third-order valence-corrected chi connectivity index (χ3v) is 6.30. The number of aliphatic hydroxyl groups is 1. The molecule has 0 spiro atoms. The third-order valence-electron chi connectivity index (χ3n) is 5.28. The van der Waals surface area contributed by atoms with E-state index in [9.17, 15) is 5.11 Å². The summed E-state index contributed by atoms with van der Waals surface area (Å²) in [5.41, 5.74) is 2.77. The van der Waals surface area contributed by atoms with Gasteiger partial charge in [0, 0.05) is 14.9 Å². The molecule has 3 heteroatoms. The molecular weight excluding hydrogens is 476 g/mol. The molecule has 2 atom stereocenters. The summed E-state index contributed by atoms with van der Waals surface area (Å²) in [7, 11) is 0. The van der Waals surface area contributed by atoms with E-state index in [4.69, 9.17) is 0 Å². The summed E-state index contributed by atoms with van der Waals surface area (Å²) in [6, 6.07) is 24.4. The van der Waals surface area contributed by atoms with Gasteiger partial charge < -0.3 is 5.11 Å². The van der Waals surface area contributed by atoms with Gasteiger partial charge in [-0.15, -0.1) is 0 Å². The van der Waals surface area contributed by atoms with Crippen molar-refractivity contribution in [3.8, 4) is 11.1 Å². The van der Waals surface area contributed by atoms with E-state index in [0.717, 1.165) is 37.6 Å². The van der Waals surface area contributed by atoms with E-state index in [1.807, 2.05) is 60.7 Å². The molecule has 3 aromatic rings. The second-order valence-corrected chi connectivity index (χ2v) is 8.82. The van der Waals surface area contributed by atoms with Crippen LogP contribution in [0.15, 0.2) is 106 Å². The predicted octanol–water partition coefficient (Wildman–Crippen LogP) is 7.25. The molecule has 28 heavy (non-hydrogen) atoms. The monoisotopic (exact) mass is 494 g/mol. The van der Waals surface area contributed by atoms with E-state index in [1.54, 1.807) is 0 Å². The second kappa shape index (κ2) is 8.20. The topological polar surface area (TPSA) is 20.2 Å². The van der Waals surface area contributed by atoms with Gasteiger partial charge in [-0.2, -0.15) is 0 Å². The molecule has 3 aromatic carbocycles. The van der Waals surface area contributed by atoms with Crippen LogP contribution >= 0.6 is 31.9 Å². The molecule has 0 bridgehead atoms. The molecule has 1 aliphatic carbocycles. The van der Waals surface area contributed by atoms with Gasteiger partial charge in [0.2, 0.25) is 0 Å². The molecule has 0 saturated carbocycles. The summed E-state index contributed by atoms with van der Waals surface area (Å²) < 4.78 is 1.99. The van der Waals surface area contributed by atoms with Crippen molar-refractivity contribution in [3.63, 3.8) is 0 Å². The van der Waals surface area contributed by atoms with Gasteiger partial charge in [-0.25, -0.2) is 0 Å². The van der Waals surface area contributed by atoms with Crippen molar-refractivity contribution < 1.29 is 5.11 Å². The van der Waals surface area contributed by atoms with Crippen LogP contribution < -0.4 is 0 Å². The van der Waals surface area contributed by atoms with E-state index >= 15 is 0 Å². The minimum Gasteiger partial charge on any atom is -0.380 e. The Kier molecular flexibility index (Phi) is 5.68. The highest BCUT2D eigenvalue weighted by Gasteiger charge is 2.40. The second-order valence-electron chi connectivity index (χ2n) is 6.98. The molecule has 1 nitrogen and oxygen atoms in total.